The monoisotopic (exact) mass is 454 g/mol. The van der Waals surface area contributed by atoms with Crippen LogP contribution in [0, 0.1) is 0 Å². The predicted octanol–water partition coefficient (Wildman–Crippen LogP) is 5.22. The van der Waals surface area contributed by atoms with E-state index in [1.54, 1.807) is 17.8 Å². The van der Waals surface area contributed by atoms with Crippen molar-refractivity contribution in [1.82, 2.24) is 4.90 Å². The van der Waals surface area contributed by atoms with Gasteiger partial charge in [0.05, 0.1) is 18.8 Å². The third kappa shape index (κ3) is 6.22. The number of hydrogen-bond donors (Lipinski definition) is 0. The van der Waals surface area contributed by atoms with Crippen molar-refractivity contribution in [2.75, 3.05) is 32.6 Å². The minimum Gasteiger partial charge on any atom is -0.428 e. The van der Waals surface area contributed by atoms with Crippen LogP contribution in [0.5, 0.6) is 0 Å². The summed E-state index contributed by atoms with van der Waals surface area (Å²) in [4.78, 5) is 20.9. The Hall–Kier alpha value is -2.61. The fraction of sp³-hybridized carbons (Fsp3) is 0.360. The molecule has 1 aliphatic rings. The minimum absolute atomic E-state index is 0.108. The number of thioether (sulfide) groups is 1. The Bertz CT molecular complexity index is 933. The first-order valence-corrected chi connectivity index (χ1v) is 11.8. The lowest BCUT2D eigenvalue weighted by Gasteiger charge is -2.41. The van der Waals surface area contributed by atoms with Gasteiger partial charge in [0.15, 0.2) is 0 Å². The topological polar surface area (TPSA) is 60.4 Å². The number of benzene rings is 2. The molecule has 7 heteroatoms. The lowest BCUT2D eigenvalue weighted by atomic mass is 9.90. The van der Waals surface area contributed by atoms with Gasteiger partial charge >= 0.3 is 6.16 Å². The number of carbonyl (C=O) groups is 1. The van der Waals surface area contributed by atoms with Crippen molar-refractivity contribution in [3.63, 3.8) is 0 Å². The summed E-state index contributed by atoms with van der Waals surface area (Å²) >= 11 is 1.67. The molecule has 3 rings (SSSR count). The molecule has 2 aromatic rings. The zero-order chi connectivity index (χ0) is 23.0. The molecule has 0 aromatic heterocycles. The summed E-state index contributed by atoms with van der Waals surface area (Å²) in [5, 5.41) is 4.28. The summed E-state index contributed by atoms with van der Waals surface area (Å²) < 4.78 is 10.8. The second kappa shape index (κ2) is 11.3. The van der Waals surface area contributed by atoms with Gasteiger partial charge in [-0.1, -0.05) is 54.2 Å². The zero-order valence-corrected chi connectivity index (χ0v) is 19.7. The molecule has 32 heavy (non-hydrogen) atoms. The maximum Gasteiger partial charge on any atom is 0.535 e. The number of nitrogens with zero attached hydrogens (tertiary/aromatic N) is 2. The summed E-state index contributed by atoms with van der Waals surface area (Å²) in [6, 6.07) is 15.7. The van der Waals surface area contributed by atoms with Crippen LogP contribution in [0.25, 0.3) is 6.08 Å². The molecule has 0 radical (unpaired) electrons. The molecule has 1 fully saturated rings. The normalized spacial score (nSPS) is 15.3. The van der Waals surface area contributed by atoms with Crippen molar-refractivity contribution in [2.24, 2.45) is 5.16 Å². The summed E-state index contributed by atoms with van der Waals surface area (Å²) in [6.45, 7) is 10.9. The van der Waals surface area contributed by atoms with Crippen LogP contribution >= 0.6 is 11.8 Å². The fourth-order valence-corrected chi connectivity index (χ4v) is 3.95. The Morgan fingerprint density at radius 3 is 2.41 bits per heavy atom. The quantitative estimate of drug-likeness (QED) is 0.179. The van der Waals surface area contributed by atoms with E-state index in [2.05, 4.69) is 30.5 Å². The van der Waals surface area contributed by atoms with Gasteiger partial charge in [-0.25, -0.2) is 4.79 Å². The van der Waals surface area contributed by atoms with Gasteiger partial charge in [-0.05, 0) is 43.4 Å². The first kappa shape index (κ1) is 24.0. The first-order valence-electron chi connectivity index (χ1n) is 10.5. The van der Waals surface area contributed by atoms with Crippen molar-refractivity contribution in [3.05, 3.63) is 71.8 Å². The third-order valence-corrected chi connectivity index (χ3v) is 6.27. The van der Waals surface area contributed by atoms with Gasteiger partial charge in [0, 0.05) is 23.5 Å². The number of carbonyl (C=O) groups excluding carboxylic acids is 1. The largest absolute Gasteiger partial charge is 0.535 e. The van der Waals surface area contributed by atoms with Crippen molar-refractivity contribution in [3.8, 4) is 0 Å². The SMILES string of the molecule is C=Cc1ccc(COC(=O)O/N=C(\c2ccc(SC)cc2)C(C)(C)N2CCOCC2)cc1. The van der Waals surface area contributed by atoms with E-state index in [4.69, 9.17) is 14.3 Å². The minimum atomic E-state index is -0.839. The van der Waals surface area contributed by atoms with E-state index in [1.807, 2.05) is 54.8 Å². The highest BCUT2D eigenvalue weighted by Crippen LogP contribution is 2.25. The zero-order valence-electron chi connectivity index (χ0n) is 18.9. The number of ether oxygens (including phenoxy) is 2. The molecule has 1 aliphatic heterocycles. The van der Waals surface area contributed by atoms with Crippen LogP contribution in [0.15, 0.2) is 65.2 Å². The maximum absolute atomic E-state index is 12.3. The van der Waals surface area contributed by atoms with E-state index in [9.17, 15) is 4.79 Å². The van der Waals surface area contributed by atoms with Gasteiger partial charge in [0.2, 0.25) is 0 Å². The van der Waals surface area contributed by atoms with Gasteiger partial charge < -0.3 is 9.47 Å². The molecule has 0 aliphatic carbocycles. The molecule has 0 unspecified atom stereocenters. The standard InChI is InChI=1S/C25H30N2O4S/c1-5-19-6-8-20(9-7-19)18-30-24(28)31-26-23(21-10-12-22(32-4)13-11-21)25(2,3)27-14-16-29-17-15-27/h5-13H,1,14-18H2,2-4H3/b26-23+. The highest BCUT2D eigenvalue weighted by atomic mass is 32.2. The van der Waals surface area contributed by atoms with Crippen LogP contribution in [-0.4, -0.2) is 54.9 Å². The van der Waals surface area contributed by atoms with Crippen LogP contribution < -0.4 is 0 Å². The Balaban J connectivity index is 1.75. The Labute approximate surface area is 194 Å². The lowest BCUT2D eigenvalue weighted by molar-refractivity contribution is 0.00838. The van der Waals surface area contributed by atoms with E-state index < -0.39 is 11.7 Å². The lowest BCUT2D eigenvalue weighted by Crippen LogP contribution is -2.54. The Morgan fingerprint density at radius 2 is 1.81 bits per heavy atom. The first-order chi connectivity index (χ1) is 15.4. The third-order valence-electron chi connectivity index (χ3n) is 5.53. The summed E-state index contributed by atoms with van der Waals surface area (Å²) in [6.07, 6.45) is 2.96. The van der Waals surface area contributed by atoms with E-state index in [-0.39, 0.29) is 6.61 Å². The van der Waals surface area contributed by atoms with Crippen LogP contribution in [0.2, 0.25) is 0 Å². The molecule has 0 atom stereocenters. The number of rotatable bonds is 8. The average molecular weight is 455 g/mol. The van der Waals surface area contributed by atoms with E-state index >= 15 is 0 Å². The van der Waals surface area contributed by atoms with Crippen molar-refractivity contribution in [1.29, 1.82) is 0 Å². The summed E-state index contributed by atoms with van der Waals surface area (Å²) in [5.74, 6) is 0. The molecule has 0 bridgehead atoms. The highest BCUT2D eigenvalue weighted by Gasteiger charge is 2.35. The van der Waals surface area contributed by atoms with Gasteiger partial charge in [-0.15, -0.1) is 11.8 Å². The smallest absolute Gasteiger partial charge is 0.428 e. The molecule has 6 nitrogen and oxygen atoms in total. The van der Waals surface area contributed by atoms with Gasteiger partial charge in [-0.2, -0.15) is 0 Å². The second-order valence-electron chi connectivity index (χ2n) is 7.90. The van der Waals surface area contributed by atoms with E-state index in [0.717, 1.165) is 34.7 Å². The molecule has 0 spiro atoms. The summed E-state index contributed by atoms with van der Waals surface area (Å²) in [7, 11) is 0. The predicted molar refractivity (Wildman–Crippen MR) is 129 cm³/mol. The fourth-order valence-electron chi connectivity index (χ4n) is 3.54. The second-order valence-corrected chi connectivity index (χ2v) is 8.78. The van der Waals surface area contributed by atoms with E-state index in [0.29, 0.717) is 18.9 Å². The molecule has 170 valence electrons. The molecule has 1 saturated heterocycles. The van der Waals surface area contributed by atoms with Crippen LogP contribution in [0.1, 0.15) is 30.5 Å². The molecule has 0 N–H and O–H groups in total. The molecule has 2 aromatic carbocycles. The highest BCUT2D eigenvalue weighted by molar-refractivity contribution is 7.98. The molecule has 0 saturated carbocycles. The van der Waals surface area contributed by atoms with Crippen LogP contribution in [-0.2, 0) is 20.9 Å². The van der Waals surface area contributed by atoms with Crippen LogP contribution in [0.3, 0.4) is 0 Å². The Kier molecular flexibility index (Phi) is 8.50. The van der Waals surface area contributed by atoms with Crippen molar-refractivity contribution in [2.45, 2.75) is 30.9 Å². The number of morpholine rings is 1. The molecular weight excluding hydrogens is 424 g/mol. The van der Waals surface area contributed by atoms with Gasteiger partial charge in [0.1, 0.15) is 12.3 Å². The average Bonchev–Trinajstić information content (AvgIpc) is 2.84. The Morgan fingerprint density at radius 1 is 1.16 bits per heavy atom. The number of oxime groups is 1. The maximum atomic E-state index is 12.3. The number of hydrogen-bond acceptors (Lipinski definition) is 7. The molecule has 1 heterocycles. The molecular formula is C25H30N2O4S. The van der Waals surface area contributed by atoms with Gasteiger partial charge in [0.25, 0.3) is 0 Å². The van der Waals surface area contributed by atoms with Crippen molar-refractivity contribution >= 4 is 29.7 Å². The summed E-state index contributed by atoms with van der Waals surface area (Å²) in [5.41, 5.74) is 2.96. The molecule has 0 amide bonds. The van der Waals surface area contributed by atoms with Gasteiger partial charge in [-0.3, -0.25) is 9.74 Å². The van der Waals surface area contributed by atoms with E-state index in [1.165, 1.54) is 0 Å². The van der Waals surface area contributed by atoms with Crippen molar-refractivity contribution < 1.29 is 19.1 Å². The van der Waals surface area contributed by atoms with Crippen LogP contribution in [0.4, 0.5) is 4.79 Å².